The minimum Gasteiger partial charge on any atom is -0.457 e. The Morgan fingerprint density at radius 3 is 2.95 bits per heavy atom. The van der Waals surface area contributed by atoms with Gasteiger partial charge in [-0.05, 0) is 30.4 Å². The number of hydrogen-bond donors (Lipinski definition) is 1. The van der Waals surface area contributed by atoms with Gasteiger partial charge in [0.2, 0.25) is 0 Å². The largest absolute Gasteiger partial charge is 0.457 e. The van der Waals surface area contributed by atoms with Crippen LogP contribution in [0.3, 0.4) is 0 Å². The van der Waals surface area contributed by atoms with Crippen LogP contribution in [-0.2, 0) is 20.7 Å². The molecule has 102 valence electrons. The maximum Gasteiger partial charge on any atom is 0.313 e. The lowest BCUT2D eigenvalue weighted by atomic mass is 9.89. The van der Waals surface area contributed by atoms with Crippen LogP contribution in [0.4, 0.5) is 0 Å². The van der Waals surface area contributed by atoms with Crippen molar-refractivity contribution in [3.63, 3.8) is 0 Å². The molecule has 1 heterocycles. The molecule has 0 spiro atoms. The molecule has 0 aromatic heterocycles. The number of fused-ring (bicyclic) bond motifs is 1. The van der Waals surface area contributed by atoms with E-state index in [9.17, 15) is 4.79 Å². The van der Waals surface area contributed by atoms with Crippen molar-refractivity contribution in [2.45, 2.75) is 31.4 Å². The highest BCUT2D eigenvalue weighted by Crippen LogP contribution is 2.33. The van der Waals surface area contributed by atoms with Crippen LogP contribution in [0, 0.1) is 5.92 Å². The molecule has 0 saturated carbocycles. The van der Waals surface area contributed by atoms with Crippen molar-refractivity contribution in [2.24, 2.45) is 11.7 Å². The summed E-state index contributed by atoms with van der Waals surface area (Å²) in [7, 11) is 0. The Morgan fingerprint density at radius 1 is 1.32 bits per heavy atom. The molecule has 0 bridgehead atoms. The van der Waals surface area contributed by atoms with Gasteiger partial charge in [0, 0.05) is 6.04 Å². The Morgan fingerprint density at radius 2 is 2.16 bits per heavy atom. The molecule has 0 amide bonds. The van der Waals surface area contributed by atoms with E-state index in [0.29, 0.717) is 13.2 Å². The predicted octanol–water partition coefficient (Wildman–Crippen LogP) is 1.58. The summed E-state index contributed by atoms with van der Waals surface area (Å²) in [6.45, 7) is 0.829. The first-order valence-corrected chi connectivity index (χ1v) is 6.87. The summed E-state index contributed by atoms with van der Waals surface area (Å²) in [6.07, 6.45) is 2.90. The van der Waals surface area contributed by atoms with Crippen LogP contribution < -0.4 is 5.73 Å². The number of benzene rings is 1. The van der Waals surface area contributed by atoms with Crippen molar-refractivity contribution < 1.29 is 14.3 Å². The van der Waals surface area contributed by atoms with Crippen LogP contribution in [0.25, 0.3) is 0 Å². The van der Waals surface area contributed by atoms with Crippen molar-refractivity contribution in [2.75, 3.05) is 13.2 Å². The monoisotopic (exact) mass is 261 g/mol. The van der Waals surface area contributed by atoms with Crippen LogP contribution in [0.1, 0.15) is 30.1 Å². The van der Waals surface area contributed by atoms with E-state index in [1.54, 1.807) is 0 Å². The van der Waals surface area contributed by atoms with E-state index in [1.807, 2.05) is 12.1 Å². The lowest BCUT2D eigenvalue weighted by molar-refractivity contribution is -0.155. The van der Waals surface area contributed by atoms with Gasteiger partial charge in [-0.15, -0.1) is 0 Å². The predicted molar refractivity (Wildman–Crippen MR) is 70.5 cm³/mol. The van der Waals surface area contributed by atoms with Gasteiger partial charge >= 0.3 is 5.97 Å². The molecule has 1 aromatic carbocycles. The summed E-state index contributed by atoms with van der Waals surface area (Å²) in [5.41, 5.74) is 8.29. The van der Waals surface area contributed by atoms with Gasteiger partial charge in [0.25, 0.3) is 0 Å². The van der Waals surface area contributed by atoms with E-state index >= 15 is 0 Å². The molecule has 1 fully saturated rings. The Bertz CT molecular complexity index is 474. The van der Waals surface area contributed by atoms with Crippen molar-refractivity contribution in [1.29, 1.82) is 0 Å². The minimum atomic E-state index is -0.311. The number of aryl methyl sites for hydroxylation is 1. The highest BCUT2D eigenvalue weighted by atomic mass is 16.5. The number of rotatable bonds is 2. The number of ether oxygens (including phenoxy) is 2. The highest BCUT2D eigenvalue weighted by Gasteiger charge is 2.35. The molecule has 4 nitrogen and oxygen atoms in total. The normalized spacial score (nSPS) is 29.8. The summed E-state index contributed by atoms with van der Waals surface area (Å²) in [5.74, 6) is -0.527. The third-order valence-electron chi connectivity index (χ3n) is 4.00. The maximum absolute atomic E-state index is 12.2. The molecular formula is C15H19NO3. The molecule has 3 unspecified atom stereocenters. The third kappa shape index (κ3) is 2.51. The summed E-state index contributed by atoms with van der Waals surface area (Å²) in [4.78, 5) is 12.2. The van der Waals surface area contributed by atoms with Crippen LogP contribution in [0.5, 0.6) is 0 Å². The van der Waals surface area contributed by atoms with Gasteiger partial charge in [0.05, 0.1) is 19.1 Å². The van der Waals surface area contributed by atoms with Crippen molar-refractivity contribution in [1.82, 2.24) is 0 Å². The van der Waals surface area contributed by atoms with Crippen LogP contribution >= 0.6 is 0 Å². The molecule has 2 aliphatic rings. The summed E-state index contributed by atoms with van der Waals surface area (Å²) >= 11 is 0. The molecular weight excluding hydrogens is 242 g/mol. The van der Waals surface area contributed by atoms with E-state index in [-0.39, 0.29) is 24.0 Å². The van der Waals surface area contributed by atoms with E-state index in [2.05, 4.69) is 12.1 Å². The van der Waals surface area contributed by atoms with Gasteiger partial charge < -0.3 is 15.2 Å². The third-order valence-corrected chi connectivity index (χ3v) is 4.00. The van der Waals surface area contributed by atoms with Crippen LogP contribution in [0.2, 0.25) is 0 Å². The second-order valence-electron chi connectivity index (χ2n) is 5.32. The van der Waals surface area contributed by atoms with E-state index in [4.69, 9.17) is 15.2 Å². The molecule has 1 aromatic rings. The summed E-state index contributed by atoms with van der Waals surface area (Å²) in [5, 5.41) is 0. The van der Waals surface area contributed by atoms with Crippen LogP contribution in [0.15, 0.2) is 24.3 Å². The second kappa shape index (κ2) is 5.31. The van der Waals surface area contributed by atoms with E-state index in [0.717, 1.165) is 24.8 Å². The topological polar surface area (TPSA) is 61.5 Å². The molecule has 19 heavy (non-hydrogen) atoms. The van der Waals surface area contributed by atoms with Crippen molar-refractivity contribution in [3.8, 4) is 0 Å². The molecule has 3 atom stereocenters. The number of hydrogen-bond acceptors (Lipinski definition) is 4. The Hall–Kier alpha value is -1.39. The van der Waals surface area contributed by atoms with E-state index < -0.39 is 0 Å². The van der Waals surface area contributed by atoms with E-state index in [1.165, 1.54) is 5.56 Å². The van der Waals surface area contributed by atoms with Gasteiger partial charge in [0.15, 0.2) is 0 Å². The second-order valence-corrected chi connectivity index (χ2v) is 5.32. The number of carbonyl (C=O) groups excluding carboxylic acids is 1. The zero-order valence-electron chi connectivity index (χ0n) is 10.9. The average Bonchev–Trinajstić information content (AvgIpc) is 2.85. The number of carbonyl (C=O) groups is 1. The molecule has 1 aliphatic carbocycles. The summed E-state index contributed by atoms with van der Waals surface area (Å²) < 4.78 is 10.9. The van der Waals surface area contributed by atoms with Crippen molar-refractivity contribution in [3.05, 3.63) is 35.4 Å². The summed E-state index contributed by atoms with van der Waals surface area (Å²) in [6, 6.07) is 7.96. The molecule has 2 N–H and O–H groups in total. The molecule has 1 saturated heterocycles. The lowest BCUT2D eigenvalue weighted by Gasteiger charge is -2.26. The Balaban J connectivity index is 1.72. The first kappa shape index (κ1) is 12.6. The molecule has 1 aliphatic heterocycles. The van der Waals surface area contributed by atoms with Gasteiger partial charge in [-0.25, -0.2) is 0 Å². The smallest absolute Gasteiger partial charge is 0.313 e. The first-order valence-electron chi connectivity index (χ1n) is 6.87. The van der Waals surface area contributed by atoms with Gasteiger partial charge in [-0.2, -0.15) is 0 Å². The molecule has 3 rings (SSSR count). The van der Waals surface area contributed by atoms with Gasteiger partial charge in [0.1, 0.15) is 6.10 Å². The number of nitrogens with two attached hydrogens (primary N) is 1. The molecule has 0 radical (unpaired) electrons. The average molecular weight is 261 g/mol. The quantitative estimate of drug-likeness (QED) is 0.821. The van der Waals surface area contributed by atoms with Crippen LogP contribution in [-0.4, -0.2) is 25.2 Å². The van der Waals surface area contributed by atoms with Gasteiger partial charge in [-0.1, -0.05) is 24.3 Å². The van der Waals surface area contributed by atoms with Gasteiger partial charge in [-0.3, -0.25) is 4.79 Å². The maximum atomic E-state index is 12.2. The first-order chi connectivity index (χ1) is 9.25. The fraction of sp³-hybridized carbons (Fsp3) is 0.533. The van der Waals surface area contributed by atoms with Crippen molar-refractivity contribution >= 4 is 5.97 Å². The zero-order valence-corrected chi connectivity index (χ0v) is 10.9. The fourth-order valence-corrected chi connectivity index (χ4v) is 2.87. The highest BCUT2D eigenvalue weighted by molar-refractivity contribution is 5.74. The molecule has 4 heteroatoms. The lowest BCUT2D eigenvalue weighted by Crippen LogP contribution is -2.36. The number of esters is 1. The minimum absolute atomic E-state index is 0.120. The fourth-order valence-electron chi connectivity index (χ4n) is 2.87. The SMILES string of the molecule is NC1COCC1C(=O)OC1CCCc2ccccc21. The Labute approximate surface area is 112 Å². The zero-order chi connectivity index (χ0) is 13.2. The Kier molecular flexibility index (Phi) is 3.53. The standard InChI is InChI=1S/C15H19NO3/c16-13-9-18-8-12(13)15(17)19-14-7-3-5-10-4-1-2-6-11(10)14/h1-2,4,6,12-14H,3,5,7-9,16H2.